The molecule has 2 heterocycles. The first-order valence-corrected chi connectivity index (χ1v) is 7.66. The number of carbonyl (C=O) groups is 1. The minimum atomic E-state index is -0.190. The fourth-order valence-corrected chi connectivity index (χ4v) is 4.42. The average Bonchev–Trinajstić information content (AvgIpc) is 2.77. The number of hydrogen-bond acceptors (Lipinski definition) is 4. The lowest BCUT2D eigenvalue weighted by atomic mass is 9.83. The predicted octanol–water partition coefficient (Wildman–Crippen LogP) is 3.12. The Morgan fingerprint density at radius 3 is 2.35 bits per heavy atom. The van der Waals surface area contributed by atoms with Gasteiger partial charge in [0.2, 0.25) is 0 Å². The zero-order valence-corrected chi connectivity index (χ0v) is 13.6. The van der Waals surface area contributed by atoms with Crippen LogP contribution in [0.5, 0.6) is 0 Å². The molecule has 0 aromatic heterocycles. The van der Waals surface area contributed by atoms with E-state index in [1.807, 2.05) is 19.2 Å². The van der Waals surface area contributed by atoms with Crippen molar-refractivity contribution in [2.24, 2.45) is 0 Å². The second-order valence-electron chi connectivity index (χ2n) is 5.61. The molecule has 0 saturated carbocycles. The Balaban J connectivity index is 2.23. The van der Waals surface area contributed by atoms with Crippen LogP contribution in [0.4, 0.5) is 5.69 Å². The summed E-state index contributed by atoms with van der Waals surface area (Å²) < 4.78 is 0.623. The van der Waals surface area contributed by atoms with Crippen molar-refractivity contribution < 1.29 is 4.79 Å². The molecule has 1 amide bonds. The second kappa shape index (κ2) is 4.33. The minimum absolute atomic E-state index is 0.00253. The van der Waals surface area contributed by atoms with Gasteiger partial charge in [-0.25, -0.2) is 0 Å². The van der Waals surface area contributed by atoms with Crippen LogP contribution in [0.2, 0.25) is 0 Å². The van der Waals surface area contributed by atoms with Gasteiger partial charge < -0.3 is 4.90 Å². The molecule has 0 N–H and O–H groups in total. The molecule has 3 rings (SSSR count). The Bertz CT molecular complexity index is 664. The van der Waals surface area contributed by atoms with Gasteiger partial charge in [-0.1, -0.05) is 56.0 Å². The number of hydrogen-bond donors (Lipinski definition) is 0. The van der Waals surface area contributed by atoms with Crippen LogP contribution in [0.25, 0.3) is 0 Å². The van der Waals surface area contributed by atoms with Crippen molar-refractivity contribution in [3.8, 4) is 0 Å². The first-order chi connectivity index (χ1) is 9.35. The molecule has 0 spiro atoms. The van der Waals surface area contributed by atoms with E-state index in [0.717, 1.165) is 16.3 Å². The van der Waals surface area contributed by atoms with Crippen LogP contribution in [0.1, 0.15) is 19.4 Å². The molecule has 0 atom stereocenters. The van der Waals surface area contributed by atoms with Gasteiger partial charge >= 0.3 is 0 Å². The van der Waals surface area contributed by atoms with E-state index < -0.39 is 0 Å². The van der Waals surface area contributed by atoms with Crippen molar-refractivity contribution in [2.45, 2.75) is 19.3 Å². The van der Waals surface area contributed by atoms with Crippen LogP contribution in [0.3, 0.4) is 0 Å². The molecule has 2 aliphatic heterocycles. The van der Waals surface area contributed by atoms with Gasteiger partial charge in [0.05, 0.1) is 0 Å². The van der Waals surface area contributed by atoms with Crippen LogP contribution in [0.15, 0.2) is 34.9 Å². The van der Waals surface area contributed by atoms with E-state index in [9.17, 15) is 4.79 Å². The van der Waals surface area contributed by atoms with E-state index >= 15 is 0 Å². The van der Waals surface area contributed by atoms with Crippen LogP contribution < -0.4 is 4.90 Å². The van der Waals surface area contributed by atoms with Crippen molar-refractivity contribution >= 4 is 39.9 Å². The summed E-state index contributed by atoms with van der Waals surface area (Å²) in [5, 5.41) is 0. The number of rotatable bonds is 0. The molecule has 1 aromatic carbocycles. The largest absolute Gasteiger partial charge is 0.346 e. The zero-order valence-electron chi connectivity index (χ0n) is 11.9. The van der Waals surface area contributed by atoms with E-state index in [1.165, 1.54) is 17.3 Å². The highest BCUT2D eigenvalue weighted by molar-refractivity contribution is 8.26. The summed E-state index contributed by atoms with van der Waals surface area (Å²) in [6, 6.07) is 8.30. The molecule has 0 radical (unpaired) electrons. The van der Waals surface area contributed by atoms with Gasteiger partial charge in [0.15, 0.2) is 0 Å². The third-order valence-corrected chi connectivity index (χ3v) is 5.59. The van der Waals surface area contributed by atoms with Crippen LogP contribution in [-0.4, -0.2) is 29.2 Å². The van der Waals surface area contributed by atoms with Crippen LogP contribution in [-0.2, 0) is 10.2 Å². The van der Waals surface area contributed by atoms with Gasteiger partial charge in [-0.2, -0.15) is 0 Å². The third kappa shape index (κ3) is 1.66. The summed E-state index contributed by atoms with van der Waals surface area (Å²) in [5.74, 6) is 0.00253. The maximum Gasteiger partial charge on any atom is 0.267 e. The number of thiocarbonyl (C=S) groups is 1. The fraction of sp³-hybridized carbons (Fsp3) is 0.333. The second-order valence-corrected chi connectivity index (χ2v) is 7.26. The van der Waals surface area contributed by atoms with Crippen molar-refractivity contribution in [3.63, 3.8) is 0 Å². The zero-order chi connectivity index (χ0) is 14.7. The summed E-state index contributed by atoms with van der Waals surface area (Å²) in [7, 11) is 3.76. The van der Waals surface area contributed by atoms with Gasteiger partial charge in [0.25, 0.3) is 5.91 Å². The highest BCUT2D eigenvalue weighted by Gasteiger charge is 2.44. The maximum absolute atomic E-state index is 12.4. The number of thioether (sulfide) groups is 1. The summed E-state index contributed by atoms with van der Waals surface area (Å²) in [5.41, 5.74) is 3.26. The van der Waals surface area contributed by atoms with Crippen LogP contribution >= 0.6 is 24.0 Å². The van der Waals surface area contributed by atoms with Crippen LogP contribution in [0, 0.1) is 0 Å². The molecular formula is C15H16N2OS2. The lowest BCUT2D eigenvalue weighted by Gasteiger charge is -2.25. The predicted molar refractivity (Wildman–Crippen MR) is 87.9 cm³/mol. The van der Waals surface area contributed by atoms with Crippen molar-refractivity contribution in [1.29, 1.82) is 0 Å². The lowest BCUT2D eigenvalue weighted by molar-refractivity contribution is -0.121. The molecule has 3 nitrogen and oxygen atoms in total. The van der Waals surface area contributed by atoms with Gasteiger partial charge in [0.1, 0.15) is 9.23 Å². The monoisotopic (exact) mass is 304 g/mol. The number of anilines is 1. The first kappa shape index (κ1) is 13.6. The van der Waals surface area contributed by atoms with Crippen molar-refractivity contribution in [3.05, 3.63) is 40.4 Å². The van der Waals surface area contributed by atoms with Gasteiger partial charge in [-0.3, -0.25) is 9.69 Å². The summed E-state index contributed by atoms with van der Waals surface area (Å²) in [6.07, 6.45) is 0. The molecule has 1 aromatic rings. The molecule has 1 fully saturated rings. The lowest BCUT2D eigenvalue weighted by Crippen LogP contribution is -2.28. The number of amides is 1. The Morgan fingerprint density at radius 2 is 1.80 bits per heavy atom. The summed E-state index contributed by atoms with van der Waals surface area (Å²) in [4.78, 5) is 16.8. The quantitative estimate of drug-likeness (QED) is 0.543. The fourth-order valence-electron chi connectivity index (χ4n) is 2.98. The van der Waals surface area contributed by atoms with Crippen molar-refractivity contribution in [2.75, 3.05) is 19.0 Å². The van der Waals surface area contributed by atoms with E-state index in [2.05, 4.69) is 30.9 Å². The molecule has 5 heteroatoms. The average molecular weight is 304 g/mol. The molecular weight excluding hydrogens is 288 g/mol. The van der Waals surface area contributed by atoms with Gasteiger partial charge in [-0.15, -0.1) is 0 Å². The number of fused-ring (bicyclic) bond motifs is 1. The van der Waals surface area contributed by atoms with Gasteiger partial charge in [0, 0.05) is 30.9 Å². The molecule has 104 valence electrons. The van der Waals surface area contributed by atoms with Crippen molar-refractivity contribution in [1.82, 2.24) is 4.90 Å². The SMILES string of the molecule is CN1C(=O)/C(=C2/N(C)c3ccccc3C2(C)C)SC1=S. The summed E-state index contributed by atoms with van der Waals surface area (Å²) in [6.45, 7) is 4.32. The molecule has 0 aliphatic carbocycles. The molecule has 1 saturated heterocycles. The van der Waals surface area contributed by atoms with Gasteiger partial charge in [-0.05, 0) is 11.6 Å². The third-order valence-electron chi connectivity index (χ3n) is 4.04. The number of benzene rings is 1. The number of nitrogens with zero attached hydrogens (tertiary/aromatic N) is 2. The molecule has 0 unspecified atom stereocenters. The van der Waals surface area contributed by atoms with E-state index in [-0.39, 0.29) is 11.3 Å². The maximum atomic E-state index is 12.4. The Hall–Kier alpha value is -1.33. The Morgan fingerprint density at radius 1 is 1.15 bits per heavy atom. The number of likely N-dealkylation sites (N-methyl/N-ethyl adjacent to an activating group) is 2. The standard InChI is InChI=1S/C15H16N2OS2/c1-15(2)9-7-5-6-8-10(9)16(3)12(15)11-13(18)17(4)14(19)20-11/h5-8H,1-4H3/b12-11-. The number of allylic oxidation sites excluding steroid dienone is 1. The normalized spacial score (nSPS) is 24.6. The molecule has 2 aliphatic rings. The van der Waals surface area contributed by atoms with E-state index in [0.29, 0.717) is 4.32 Å². The smallest absolute Gasteiger partial charge is 0.267 e. The number of para-hydroxylation sites is 1. The molecule has 0 bridgehead atoms. The summed E-state index contributed by atoms with van der Waals surface area (Å²) >= 11 is 6.65. The first-order valence-electron chi connectivity index (χ1n) is 6.43. The topological polar surface area (TPSA) is 23.6 Å². The Labute approximate surface area is 128 Å². The molecule has 20 heavy (non-hydrogen) atoms. The van der Waals surface area contributed by atoms with E-state index in [1.54, 1.807) is 11.9 Å². The van der Waals surface area contributed by atoms with E-state index in [4.69, 9.17) is 12.2 Å². The Kier molecular flexibility index (Phi) is 2.95. The minimum Gasteiger partial charge on any atom is -0.346 e. The number of carbonyl (C=O) groups excluding carboxylic acids is 1. The highest BCUT2D eigenvalue weighted by atomic mass is 32.2. The highest BCUT2D eigenvalue weighted by Crippen LogP contribution is 2.50.